The molecule has 34 heavy (non-hydrogen) atoms. The molecule has 0 saturated carbocycles. The first-order valence-corrected chi connectivity index (χ1v) is 10.9. The predicted octanol–water partition coefficient (Wildman–Crippen LogP) is 1.62. The number of aliphatic hydroxyl groups is 1. The number of carbonyl (C=O) groups excluding carboxylic acids is 1. The van der Waals surface area contributed by atoms with Gasteiger partial charge in [-0.25, -0.2) is 4.79 Å². The Labute approximate surface area is 197 Å². The van der Waals surface area contributed by atoms with Crippen molar-refractivity contribution in [3.63, 3.8) is 0 Å². The van der Waals surface area contributed by atoms with E-state index in [2.05, 4.69) is 10.6 Å². The fraction of sp³-hybridized carbons (Fsp3) is 0.417. The molecule has 10 heteroatoms. The molecule has 1 aliphatic rings. The molecule has 0 radical (unpaired) electrons. The van der Waals surface area contributed by atoms with Gasteiger partial charge in [-0.1, -0.05) is 6.07 Å². The molecular formula is C24H30N2O8. The molecule has 1 atom stereocenters. The molecule has 2 aromatic rings. The first kappa shape index (κ1) is 25.1. The Morgan fingerprint density at radius 3 is 2.53 bits per heavy atom. The van der Waals surface area contributed by atoms with Crippen LogP contribution in [0.1, 0.15) is 17.5 Å². The van der Waals surface area contributed by atoms with Gasteiger partial charge in [0.15, 0.2) is 18.1 Å². The summed E-state index contributed by atoms with van der Waals surface area (Å²) in [6, 6.07) is 8.96. The number of benzene rings is 2. The number of carboxylic acids is 1. The quantitative estimate of drug-likeness (QED) is 0.319. The van der Waals surface area contributed by atoms with Crippen LogP contribution in [0.2, 0.25) is 0 Å². The Kier molecular flexibility index (Phi) is 8.94. The van der Waals surface area contributed by atoms with Crippen LogP contribution in [0.15, 0.2) is 30.3 Å². The van der Waals surface area contributed by atoms with Crippen LogP contribution in [0.5, 0.6) is 23.0 Å². The Hall–Kier alpha value is -3.50. The molecule has 0 aromatic heterocycles. The molecule has 0 fully saturated rings. The zero-order valence-corrected chi connectivity index (χ0v) is 19.3. The fourth-order valence-corrected chi connectivity index (χ4v) is 3.61. The van der Waals surface area contributed by atoms with Gasteiger partial charge in [0.25, 0.3) is 0 Å². The number of aliphatic hydroxyl groups excluding tert-OH is 1. The van der Waals surface area contributed by atoms with Gasteiger partial charge in [-0.15, -0.1) is 0 Å². The summed E-state index contributed by atoms with van der Waals surface area (Å²) in [5, 5.41) is 25.1. The van der Waals surface area contributed by atoms with Gasteiger partial charge >= 0.3 is 5.97 Å². The van der Waals surface area contributed by atoms with E-state index in [4.69, 9.17) is 24.1 Å². The third-order valence-corrected chi connectivity index (χ3v) is 5.30. The summed E-state index contributed by atoms with van der Waals surface area (Å²) in [5.74, 6) is 0.848. The number of anilines is 1. The van der Waals surface area contributed by atoms with Gasteiger partial charge in [-0.05, 0) is 49.2 Å². The molecule has 1 heterocycles. The van der Waals surface area contributed by atoms with E-state index in [1.165, 1.54) is 0 Å². The van der Waals surface area contributed by atoms with E-state index < -0.39 is 18.7 Å². The van der Waals surface area contributed by atoms with Crippen molar-refractivity contribution >= 4 is 17.6 Å². The predicted molar refractivity (Wildman–Crippen MR) is 124 cm³/mol. The van der Waals surface area contributed by atoms with E-state index in [0.717, 1.165) is 17.5 Å². The molecule has 2 aromatic carbocycles. The van der Waals surface area contributed by atoms with Crippen LogP contribution < -0.4 is 29.6 Å². The molecule has 3 rings (SSSR count). The van der Waals surface area contributed by atoms with E-state index in [1.807, 2.05) is 18.2 Å². The maximum Gasteiger partial charge on any atom is 0.341 e. The summed E-state index contributed by atoms with van der Waals surface area (Å²) in [4.78, 5) is 22.6. The lowest BCUT2D eigenvalue weighted by Gasteiger charge is -2.23. The Morgan fingerprint density at radius 1 is 1.06 bits per heavy atom. The third kappa shape index (κ3) is 6.75. The van der Waals surface area contributed by atoms with Crippen molar-refractivity contribution in [3.05, 3.63) is 41.5 Å². The van der Waals surface area contributed by atoms with Crippen molar-refractivity contribution < 1.29 is 38.7 Å². The molecule has 1 unspecified atom stereocenters. The lowest BCUT2D eigenvalue weighted by atomic mass is 10.0. The number of ether oxygens (including phenoxy) is 4. The van der Waals surface area contributed by atoms with Gasteiger partial charge in [0.05, 0.1) is 19.9 Å². The Morgan fingerprint density at radius 2 is 1.79 bits per heavy atom. The summed E-state index contributed by atoms with van der Waals surface area (Å²) in [6.07, 6.45) is 0.716. The molecule has 10 nitrogen and oxygen atoms in total. The van der Waals surface area contributed by atoms with Crippen LogP contribution in [-0.2, 0) is 22.4 Å². The van der Waals surface area contributed by atoms with Gasteiger partial charge in [-0.3, -0.25) is 4.79 Å². The number of carbonyl (C=O) groups is 2. The average molecular weight is 475 g/mol. The van der Waals surface area contributed by atoms with E-state index in [1.54, 1.807) is 26.4 Å². The van der Waals surface area contributed by atoms with Crippen molar-refractivity contribution in [2.75, 3.05) is 45.8 Å². The zero-order chi connectivity index (χ0) is 24.5. The number of hydrogen-bond acceptors (Lipinski definition) is 8. The van der Waals surface area contributed by atoms with E-state index in [0.29, 0.717) is 42.4 Å². The van der Waals surface area contributed by atoms with Crippen molar-refractivity contribution in [3.8, 4) is 23.0 Å². The SMILES string of the molecule is COc1ccc(CCNCC(O)COc2ccc(OCC(=O)O)c3c2CCC(=O)N3)cc1OC. The zero-order valence-electron chi connectivity index (χ0n) is 19.3. The number of fused-ring (bicyclic) bond motifs is 1. The minimum Gasteiger partial charge on any atom is -0.493 e. The fourth-order valence-electron chi connectivity index (χ4n) is 3.61. The number of nitrogens with one attached hydrogen (secondary N) is 2. The standard InChI is InChI=1S/C24H30N2O8/c1-31-19-5-3-15(11-21(19)32-2)9-10-25-12-16(27)13-33-18-6-7-20(34-14-23(29)30)24-17(18)4-8-22(28)26-24/h3,5-7,11,16,25,27H,4,8-10,12-14H2,1-2H3,(H,26,28)(H,29,30). The van der Waals surface area contributed by atoms with Gasteiger partial charge in [-0.2, -0.15) is 0 Å². The lowest BCUT2D eigenvalue weighted by Crippen LogP contribution is -2.32. The third-order valence-electron chi connectivity index (χ3n) is 5.30. The molecule has 1 aliphatic heterocycles. The Bertz CT molecular complexity index is 1010. The molecule has 0 bridgehead atoms. The molecule has 4 N–H and O–H groups in total. The summed E-state index contributed by atoms with van der Waals surface area (Å²) in [7, 11) is 3.19. The number of aliphatic carboxylic acids is 1. The molecule has 0 spiro atoms. The number of amides is 1. The monoisotopic (exact) mass is 474 g/mol. The number of carboxylic acid groups (broad SMARTS) is 1. The van der Waals surface area contributed by atoms with Crippen LogP contribution in [-0.4, -0.2) is 68.7 Å². The summed E-state index contributed by atoms with van der Waals surface area (Å²) in [5.41, 5.74) is 2.21. The normalized spacial score (nSPS) is 13.4. The second-order valence-corrected chi connectivity index (χ2v) is 7.75. The van der Waals surface area contributed by atoms with E-state index in [9.17, 15) is 14.7 Å². The molecule has 184 valence electrons. The second-order valence-electron chi connectivity index (χ2n) is 7.75. The first-order valence-electron chi connectivity index (χ1n) is 10.9. The highest BCUT2D eigenvalue weighted by atomic mass is 16.5. The van der Waals surface area contributed by atoms with Crippen molar-refractivity contribution in [1.29, 1.82) is 0 Å². The molecular weight excluding hydrogens is 444 g/mol. The second kappa shape index (κ2) is 12.1. The van der Waals surface area contributed by atoms with Crippen molar-refractivity contribution in [1.82, 2.24) is 5.32 Å². The van der Waals surface area contributed by atoms with Crippen molar-refractivity contribution in [2.45, 2.75) is 25.4 Å². The van der Waals surface area contributed by atoms with Gasteiger partial charge in [0.1, 0.15) is 24.2 Å². The largest absolute Gasteiger partial charge is 0.493 e. The van der Waals surface area contributed by atoms with E-state index >= 15 is 0 Å². The van der Waals surface area contributed by atoms with Gasteiger partial charge < -0.3 is 39.8 Å². The molecule has 0 saturated heterocycles. The maximum absolute atomic E-state index is 11.8. The van der Waals surface area contributed by atoms with Gasteiger partial charge in [0, 0.05) is 18.5 Å². The number of methoxy groups -OCH3 is 2. The molecule has 0 aliphatic carbocycles. The van der Waals surface area contributed by atoms with Crippen LogP contribution in [0.3, 0.4) is 0 Å². The Balaban J connectivity index is 1.50. The lowest BCUT2D eigenvalue weighted by molar-refractivity contribution is -0.139. The van der Waals surface area contributed by atoms with Crippen LogP contribution >= 0.6 is 0 Å². The van der Waals surface area contributed by atoms with E-state index in [-0.39, 0.29) is 24.7 Å². The summed E-state index contributed by atoms with van der Waals surface area (Å²) in [6.45, 7) is 0.533. The minimum absolute atomic E-state index is 0.0546. The minimum atomic E-state index is -1.11. The maximum atomic E-state index is 11.8. The average Bonchev–Trinajstić information content (AvgIpc) is 2.83. The number of rotatable bonds is 13. The highest BCUT2D eigenvalue weighted by Crippen LogP contribution is 2.39. The van der Waals surface area contributed by atoms with Crippen LogP contribution in [0.25, 0.3) is 0 Å². The topological polar surface area (TPSA) is 136 Å². The summed E-state index contributed by atoms with van der Waals surface area (Å²) < 4.78 is 21.6. The highest BCUT2D eigenvalue weighted by molar-refractivity contribution is 5.96. The van der Waals surface area contributed by atoms with Crippen LogP contribution in [0, 0.1) is 0 Å². The van der Waals surface area contributed by atoms with Gasteiger partial charge in [0.2, 0.25) is 5.91 Å². The van der Waals surface area contributed by atoms with Crippen molar-refractivity contribution in [2.24, 2.45) is 0 Å². The number of hydrogen-bond donors (Lipinski definition) is 4. The smallest absolute Gasteiger partial charge is 0.341 e. The first-order chi connectivity index (χ1) is 16.4. The molecule has 1 amide bonds. The van der Waals surface area contributed by atoms with Crippen LogP contribution in [0.4, 0.5) is 5.69 Å². The highest BCUT2D eigenvalue weighted by Gasteiger charge is 2.23. The summed E-state index contributed by atoms with van der Waals surface area (Å²) >= 11 is 0.